The quantitative estimate of drug-likeness (QED) is 0.225. The van der Waals surface area contributed by atoms with Gasteiger partial charge in [-0.25, -0.2) is 10.1 Å². The maximum atomic E-state index is 6.07. The summed E-state index contributed by atoms with van der Waals surface area (Å²) in [6.07, 6.45) is 0. The van der Waals surface area contributed by atoms with Crippen LogP contribution in [-0.2, 0) is 5.75 Å². The first-order valence-corrected chi connectivity index (χ1v) is 10.2. The summed E-state index contributed by atoms with van der Waals surface area (Å²) in [5.41, 5.74) is 5.88. The summed E-state index contributed by atoms with van der Waals surface area (Å²) in [5, 5.41) is 13.1. The molecular formula is C17H16Br2N6S. The van der Waals surface area contributed by atoms with E-state index in [2.05, 4.69) is 64.7 Å². The predicted octanol–water partition coefficient (Wildman–Crippen LogP) is 4.65. The molecule has 0 amide bonds. The van der Waals surface area contributed by atoms with Crippen LogP contribution in [0.3, 0.4) is 0 Å². The number of hydrogen-bond donors (Lipinski definition) is 2. The Labute approximate surface area is 172 Å². The fourth-order valence-electron chi connectivity index (χ4n) is 2.12. The number of hydrogen-bond acceptors (Lipinski definition) is 6. The smallest absolute Gasteiger partial charge is 0.264 e. The van der Waals surface area contributed by atoms with Crippen molar-refractivity contribution in [3.63, 3.8) is 0 Å². The van der Waals surface area contributed by atoms with Crippen LogP contribution in [0, 0.1) is 0 Å². The SMILES string of the molecule is C/C(=N\Nc1nnc(SCc2cccc(Br)c2)n1N)c1ccc(Br)cc1. The van der Waals surface area contributed by atoms with Crippen molar-refractivity contribution in [3.05, 3.63) is 68.6 Å². The predicted molar refractivity (Wildman–Crippen MR) is 114 cm³/mol. The molecular weight excluding hydrogens is 480 g/mol. The molecule has 0 fully saturated rings. The zero-order valence-corrected chi connectivity index (χ0v) is 17.8. The Morgan fingerprint density at radius 2 is 1.92 bits per heavy atom. The molecule has 1 aromatic heterocycles. The maximum Gasteiger partial charge on any atom is 0.264 e. The van der Waals surface area contributed by atoms with Crippen LogP contribution in [0.15, 0.2) is 67.7 Å². The van der Waals surface area contributed by atoms with Gasteiger partial charge in [0.1, 0.15) is 0 Å². The van der Waals surface area contributed by atoms with Crippen LogP contribution in [0.5, 0.6) is 0 Å². The van der Waals surface area contributed by atoms with Crippen LogP contribution in [0.4, 0.5) is 5.95 Å². The van der Waals surface area contributed by atoms with E-state index in [1.54, 1.807) is 0 Å². The highest BCUT2D eigenvalue weighted by Crippen LogP contribution is 2.23. The molecule has 3 aromatic rings. The van der Waals surface area contributed by atoms with Crippen molar-refractivity contribution < 1.29 is 0 Å². The number of nitrogen functional groups attached to an aromatic ring is 1. The van der Waals surface area contributed by atoms with Crippen LogP contribution >= 0.6 is 43.6 Å². The van der Waals surface area contributed by atoms with Crippen LogP contribution < -0.4 is 11.3 Å². The molecule has 9 heteroatoms. The number of aromatic nitrogens is 3. The van der Waals surface area contributed by atoms with Gasteiger partial charge in [0.05, 0.1) is 5.71 Å². The second-order valence-electron chi connectivity index (χ2n) is 5.41. The largest absolute Gasteiger partial charge is 0.334 e. The van der Waals surface area contributed by atoms with E-state index in [1.807, 2.05) is 43.3 Å². The van der Waals surface area contributed by atoms with Gasteiger partial charge in [-0.3, -0.25) is 0 Å². The molecule has 0 bridgehead atoms. The van der Waals surface area contributed by atoms with Crippen LogP contribution in [0.2, 0.25) is 0 Å². The van der Waals surface area contributed by atoms with E-state index in [4.69, 9.17) is 5.84 Å². The summed E-state index contributed by atoms with van der Waals surface area (Å²) in [6, 6.07) is 16.0. The lowest BCUT2D eigenvalue weighted by atomic mass is 10.1. The standard InChI is InChI=1S/C17H16Br2N6S/c1-11(13-5-7-14(18)8-6-13)21-22-16-23-24-17(25(16)20)26-10-12-3-2-4-15(19)9-12/h2-9H,10,20H2,1H3,(H,22,23)/b21-11+. The third-order valence-electron chi connectivity index (χ3n) is 3.51. The number of nitrogens with zero attached hydrogens (tertiary/aromatic N) is 4. The Balaban J connectivity index is 1.65. The molecule has 134 valence electrons. The Morgan fingerprint density at radius 1 is 1.15 bits per heavy atom. The molecule has 0 aliphatic carbocycles. The molecule has 0 saturated heterocycles. The second kappa shape index (κ2) is 8.70. The molecule has 0 atom stereocenters. The van der Waals surface area contributed by atoms with Crippen LogP contribution in [0.25, 0.3) is 0 Å². The van der Waals surface area contributed by atoms with Crippen molar-refractivity contribution in [1.29, 1.82) is 0 Å². The second-order valence-corrected chi connectivity index (χ2v) is 8.18. The first kappa shape index (κ1) is 18.9. The van der Waals surface area contributed by atoms with Gasteiger partial charge in [-0.05, 0) is 42.3 Å². The van der Waals surface area contributed by atoms with Crippen LogP contribution in [0.1, 0.15) is 18.1 Å². The van der Waals surface area contributed by atoms with Gasteiger partial charge < -0.3 is 5.84 Å². The average Bonchev–Trinajstić information content (AvgIpc) is 2.98. The summed E-state index contributed by atoms with van der Waals surface area (Å²) < 4.78 is 3.47. The van der Waals surface area contributed by atoms with Crippen LogP contribution in [-0.4, -0.2) is 20.6 Å². The normalized spacial score (nSPS) is 11.6. The van der Waals surface area contributed by atoms with Crippen molar-refractivity contribution in [2.45, 2.75) is 17.8 Å². The van der Waals surface area contributed by atoms with Gasteiger partial charge >= 0.3 is 0 Å². The van der Waals surface area contributed by atoms with E-state index in [-0.39, 0.29) is 0 Å². The Bertz CT molecular complexity index is 923. The molecule has 2 aromatic carbocycles. The number of thioether (sulfide) groups is 1. The molecule has 0 radical (unpaired) electrons. The van der Waals surface area contributed by atoms with E-state index in [0.717, 1.165) is 26.0 Å². The van der Waals surface area contributed by atoms with Crippen molar-refractivity contribution in [1.82, 2.24) is 14.9 Å². The lowest BCUT2D eigenvalue weighted by Gasteiger charge is -2.05. The molecule has 0 aliphatic heterocycles. The van der Waals surface area contributed by atoms with E-state index in [0.29, 0.717) is 11.1 Å². The number of anilines is 1. The van der Waals surface area contributed by atoms with Gasteiger partial charge in [-0.2, -0.15) is 5.10 Å². The van der Waals surface area contributed by atoms with Gasteiger partial charge in [0.15, 0.2) is 0 Å². The number of nitrogens with two attached hydrogens (primary N) is 1. The van der Waals surface area contributed by atoms with Gasteiger partial charge in [0.25, 0.3) is 5.95 Å². The number of hydrazone groups is 1. The van der Waals surface area contributed by atoms with E-state index < -0.39 is 0 Å². The summed E-state index contributed by atoms with van der Waals surface area (Å²) in [4.78, 5) is 0. The lowest BCUT2D eigenvalue weighted by molar-refractivity contribution is 0.846. The van der Waals surface area contributed by atoms with Crippen molar-refractivity contribution in [3.8, 4) is 0 Å². The summed E-state index contributed by atoms with van der Waals surface area (Å²) in [7, 11) is 0. The molecule has 1 heterocycles. The highest BCUT2D eigenvalue weighted by molar-refractivity contribution is 9.10. The Morgan fingerprint density at radius 3 is 2.65 bits per heavy atom. The van der Waals surface area contributed by atoms with E-state index >= 15 is 0 Å². The third kappa shape index (κ3) is 4.87. The van der Waals surface area contributed by atoms with Gasteiger partial charge in [-0.15, -0.1) is 10.2 Å². The number of benzene rings is 2. The Kier molecular flexibility index (Phi) is 6.33. The molecule has 0 unspecified atom stereocenters. The monoisotopic (exact) mass is 494 g/mol. The minimum absolute atomic E-state index is 0.387. The van der Waals surface area contributed by atoms with E-state index in [1.165, 1.54) is 22.0 Å². The number of rotatable bonds is 6. The molecule has 3 N–H and O–H groups in total. The maximum absolute atomic E-state index is 6.07. The number of halogens is 2. The fourth-order valence-corrected chi connectivity index (χ4v) is 3.63. The lowest BCUT2D eigenvalue weighted by Crippen LogP contribution is -2.13. The molecule has 3 rings (SSSR count). The molecule has 0 saturated carbocycles. The topological polar surface area (TPSA) is 81.1 Å². The minimum atomic E-state index is 0.387. The summed E-state index contributed by atoms with van der Waals surface area (Å²) >= 11 is 8.40. The third-order valence-corrected chi connectivity index (χ3v) is 5.54. The molecule has 0 spiro atoms. The van der Waals surface area contributed by atoms with Gasteiger partial charge in [0, 0.05) is 14.7 Å². The number of nitrogens with one attached hydrogen (secondary N) is 1. The zero-order chi connectivity index (χ0) is 18.5. The van der Waals surface area contributed by atoms with Gasteiger partial charge in [-0.1, -0.05) is 67.9 Å². The van der Waals surface area contributed by atoms with Gasteiger partial charge in [0.2, 0.25) is 5.16 Å². The Hall–Kier alpha value is -1.84. The summed E-state index contributed by atoms with van der Waals surface area (Å²) in [6.45, 7) is 1.91. The molecule has 0 aliphatic rings. The van der Waals surface area contributed by atoms with Crippen molar-refractivity contribution >= 4 is 55.3 Å². The highest BCUT2D eigenvalue weighted by atomic mass is 79.9. The highest BCUT2D eigenvalue weighted by Gasteiger charge is 2.10. The van der Waals surface area contributed by atoms with Crippen molar-refractivity contribution in [2.24, 2.45) is 5.10 Å². The van der Waals surface area contributed by atoms with E-state index in [9.17, 15) is 0 Å². The molecule has 6 nitrogen and oxygen atoms in total. The average molecular weight is 496 g/mol. The fraction of sp³-hybridized carbons (Fsp3) is 0.118. The van der Waals surface area contributed by atoms with Crippen molar-refractivity contribution in [2.75, 3.05) is 11.3 Å². The minimum Gasteiger partial charge on any atom is -0.334 e. The first-order valence-electron chi connectivity index (χ1n) is 7.67. The first-order chi connectivity index (χ1) is 12.5. The summed E-state index contributed by atoms with van der Waals surface area (Å²) in [5.74, 6) is 7.20. The molecule has 26 heavy (non-hydrogen) atoms. The zero-order valence-electron chi connectivity index (χ0n) is 13.9.